The summed E-state index contributed by atoms with van der Waals surface area (Å²) in [4.78, 5) is 20.8. The lowest BCUT2D eigenvalue weighted by atomic mass is 10.0. The molecule has 0 spiro atoms. The molecule has 0 aliphatic heterocycles. The number of amides is 1. The number of Topliss-reactive ketones (excluding diaryl/α,β-unsaturated/α-hetero) is 1. The molecule has 2 aromatic rings. The Hall–Kier alpha value is -2.36. The van der Waals surface area contributed by atoms with Crippen molar-refractivity contribution in [2.24, 2.45) is 17.4 Å². The smallest absolute Gasteiger partial charge is 0.235 e. The van der Waals surface area contributed by atoms with E-state index in [-0.39, 0.29) is 29.6 Å². The summed E-state index contributed by atoms with van der Waals surface area (Å²) in [6, 6.07) is -2.74. The highest BCUT2D eigenvalue weighted by Crippen LogP contribution is 2.42. The fourth-order valence-electron chi connectivity index (χ4n) is 3.38. The number of carbonyl (C=O) groups excluding carboxylic acids is 2. The number of ketones is 1. The summed E-state index contributed by atoms with van der Waals surface area (Å²) >= 11 is 0.277. The van der Waals surface area contributed by atoms with E-state index in [0.29, 0.717) is 0 Å². The fourth-order valence-corrected chi connectivity index (χ4v) is 5.35. The second-order valence-corrected chi connectivity index (χ2v) is 11.0. The second kappa shape index (κ2) is 13.3. The molecule has 5 nitrogen and oxygen atoms in total. The van der Waals surface area contributed by atoms with Crippen molar-refractivity contribution >= 4 is 35.2 Å². The van der Waals surface area contributed by atoms with Gasteiger partial charge >= 0.3 is 0 Å². The number of nitrogens with one attached hydrogen (secondary N) is 1. The Kier molecular flexibility index (Phi) is 11.2. The summed E-state index contributed by atoms with van der Waals surface area (Å²) in [6.07, 6.45) is 0. The van der Waals surface area contributed by atoms with Crippen LogP contribution >= 0.6 is 23.5 Å². The van der Waals surface area contributed by atoms with E-state index in [4.69, 9.17) is 11.5 Å². The number of carbonyl (C=O) groups is 2. The highest BCUT2D eigenvalue weighted by Gasteiger charge is 2.35. The van der Waals surface area contributed by atoms with Crippen LogP contribution in [0.3, 0.4) is 0 Å². The van der Waals surface area contributed by atoms with Gasteiger partial charge in [-0.3, -0.25) is 9.59 Å². The maximum absolute atomic E-state index is 14.9. The van der Waals surface area contributed by atoms with E-state index >= 15 is 0 Å². The zero-order valence-corrected chi connectivity index (χ0v) is 22.7. The van der Waals surface area contributed by atoms with Gasteiger partial charge in [-0.25, -0.2) is 35.1 Å². The number of hydrogen-bond acceptors (Lipinski definition) is 6. The lowest BCUT2D eigenvalue weighted by Gasteiger charge is -2.19. The summed E-state index contributed by atoms with van der Waals surface area (Å²) < 4.78 is 118. The number of primary amides is 1. The van der Waals surface area contributed by atoms with Crippen LogP contribution in [0.5, 0.6) is 0 Å². The van der Waals surface area contributed by atoms with E-state index in [1.165, 1.54) is 13.8 Å². The molecule has 2 rings (SSSR count). The van der Waals surface area contributed by atoms with Crippen molar-refractivity contribution in [3.05, 3.63) is 46.5 Å². The fraction of sp³-hybridized carbons (Fsp3) is 0.417. The predicted octanol–water partition coefficient (Wildman–Crippen LogP) is 5.05. The quantitative estimate of drug-likeness (QED) is 0.178. The molecule has 2 atom stereocenters. The molecular weight excluding hydrogens is 578 g/mol. The number of benzene rings is 2. The van der Waals surface area contributed by atoms with E-state index in [1.807, 2.05) is 0 Å². The monoisotopic (exact) mass is 603 g/mol. The predicted molar refractivity (Wildman–Crippen MR) is 132 cm³/mol. The largest absolute Gasteiger partial charge is 0.368 e. The van der Waals surface area contributed by atoms with Crippen molar-refractivity contribution in [3.8, 4) is 11.1 Å². The first kappa shape index (κ1) is 32.8. The zero-order chi connectivity index (χ0) is 29.9. The highest BCUT2D eigenvalue weighted by molar-refractivity contribution is 7.99. The molecule has 0 saturated carbocycles. The molecule has 0 unspecified atom stereocenters. The molecule has 5 N–H and O–H groups in total. The van der Waals surface area contributed by atoms with Crippen molar-refractivity contribution in [1.29, 1.82) is 0 Å². The first-order chi connectivity index (χ1) is 18.0. The van der Waals surface area contributed by atoms with Gasteiger partial charge in [0.25, 0.3) is 0 Å². The summed E-state index contributed by atoms with van der Waals surface area (Å²) in [5.74, 6) is -20.7. The van der Waals surface area contributed by atoms with Crippen LogP contribution in [0, 0.1) is 52.5 Å². The Morgan fingerprint density at radius 3 is 1.36 bits per heavy atom. The maximum Gasteiger partial charge on any atom is 0.235 e. The normalized spacial score (nSPS) is 13.3. The van der Waals surface area contributed by atoms with Crippen LogP contribution in [0.15, 0.2) is 9.79 Å². The number of hydrogen-bond donors (Lipinski definition) is 3. The van der Waals surface area contributed by atoms with Gasteiger partial charge in [0.1, 0.15) is 0 Å². The molecule has 1 amide bonds. The maximum atomic E-state index is 14.9. The van der Waals surface area contributed by atoms with Crippen molar-refractivity contribution in [2.75, 3.05) is 11.5 Å². The van der Waals surface area contributed by atoms with Crippen LogP contribution < -0.4 is 16.8 Å². The molecule has 0 aromatic heterocycles. The van der Waals surface area contributed by atoms with Crippen LogP contribution in [0.25, 0.3) is 11.1 Å². The molecule has 0 radical (unpaired) electrons. The molecule has 0 fully saturated rings. The van der Waals surface area contributed by atoms with E-state index in [2.05, 4.69) is 5.32 Å². The van der Waals surface area contributed by atoms with Gasteiger partial charge in [0, 0.05) is 23.5 Å². The Balaban J connectivity index is 2.55. The van der Waals surface area contributed by atoms with Gasteiger partial charge < -0.3 is 16.8 Å². The van der Waals surface area contributed by atoms with Gasteiger partial charge in [0.15, 0.2) is 52.3 Å². The molecule has 216 valence electrons. The number of halogens is 8. The van der Waals surface area contributed by atoms with Gasteiger partial charge in [0.2, 0.25) is 5.91 Å². The minimum Gasteiger partial charge on any atom is -0.368 e. The van der Waals surface area contributed by atoms with Crippen molar-refractivity contribution in [3.63, 3.8) is 0 Å². The number of rotatable bonds is 12. The van der Waals surface area contributed by atoms with Crippen LogP contribution in [-0.4, -0.2) is 41.3 Å². The average Bonchev–Trinajstić information content (AvgIpc) is 2.86. The Labute approximate surface area is 227 Å². The Bertz CT molecular complexity index is 1220. The van der Waals surface area contributed by atoms with Crippen molar-refractivity contribution in [1.82, 2.24) is 5.32 Å². The average molecular weight is 604 g/mol. The van der Waals surface area contributed by atoms with Crippen LogP contribution in [0.4, 0.5) is 35.1 Å². The molecule has 0 bridgehead atoms. The SMILES string of the molecule is CC(C)N[C@@H](CSc1c(F)c(F)c(-c2c(F)c(F)c(SC[C@H](N)C(=O)C(C)C)c(F)c2F)c(F)c1F)C(N)=O. The Morgan fingerprint density at radius 2 is 1.05 bits per heavy atom. The summed E-state index contributed by atoms with van der Waals surface area (Å²) in [5, 5.41) is 2.68. The number of nitrogens with two attached hydrogens (primary N) is 2. The van der Waals surface area contributed by atoms with Crippen LogP contribution in [0.1, 0.15) is 27.7 Å². The molecule has 0 saturated heterocycles. The molecule has 39 heavy (non-hydrogen) atoms. The molecule has 2 aromatic carbocycles. The summed E-state index contributed by atoms with van der Waals surface area (Å²) in [7, 11) is 0. The standard InChI is InChI=1S/C24H25F8N3O2S2/c1-7(2)21(36)9(33)5-38-22-17(29)13(25)11(14(26)18(22)30)12-15(27)19(31)23(20(32)16(12)28)39-6-10(24(34)37)35-8(3)4/h7-10,35H,5-6,33H2,1-4H3,(H2,34,37)/t9-,10-/m0/s1. The summed E-state index contributed by atoms with van der Waals surface area (Å²) in [5.41, 5.74) is 6.78. The van der Waals surface area contributed by atoms with Gasteiger partial charge in [-0.05, 0) is 0 Å². The third-order valence-corrected chi connectivity index (χ3v) is 7.63. The van der Waals surface area contributed by atoms with Crippen molar-refractivity contribution in [2.45, 2.75) is 55.6 Å². The minimum atomic E-state index is -2.33. The van der Waals surface area contributed by atoms with Gasteiger partial charge in [-0.2, -0.15) is 0 Å². The van der Waals surface area contributed by atoms with Crippen molar-refractivity contribution < 1.29 is 44.7 Å². The first-order valence-corrected chi connectivity index (χ1v) is 13.3. The van der Waals surface area contributed by atoms with Gasteiger partial charge in [-0.1, -0.05) is 27.7 Å². The van der Waals surface area contributed by atoms with E-state index in [9.17, 15) is 44.7 Å². The first-order valence-electron chi connectivity index (χ1n) is 11.3. The third kappa shape index (κ3) is 7.05. The topological polar surface area (TPSA) is 98.2 Å². The molecule has 0 aliphatic rings. The highest BCUT2D eigenvalue weighted by atomic mass is 32.2. The lowest BCUT2D eigenvalue weighted by Crippen LogP contribution is -2.46. The Morgan fingerprint density at radius 1 is 0.692 bits per heavy atom. The third-order valence-electron chi connectivity index (χ3n) is 5.31. The zero-order valence-electron chi connectivity index (χ0n) is 21.0. The molecular formula is C24H25F8N3O2S2. The molecule has 0 heterocycles. The van der Waals surface area contributed by atoms with E-state index in [0.717, 1.165) is 0 Å². The molecule has 0 aliphatic carbocycles. The second-order valence-electron chi connectivity index (χ2n) is 8.98. The van der Waals surface area contributed by atoms with Gasteiger partial charge in [0.05, 0.1) is 33.0 Å². The minimum absolute atomic E-state index is 0.134. The van der Waals surface area contributed by atoms with E-state index in [1.54, 1.807) is 13.8 Å². The van der Waals surface area contributed by atoms with Gasteiger partial charge in [-0.15, -0.1) is 23.5 Å². The van der Waals surface area contributed by atoms with Crippen LogP contribution in [-0.2, 0) is 9.59 Å². The summed E-state index contributed by atoms with van der Waals surface area (Å²) in [6.45, 7) is 6.26. The molecule has 15 heteroatoms. The van der Waals surface area contributed by atoms with E-state index < -0.39 is 109 Å². The number of thioether (sulfide) groups is 2. The lowest BCUT2D eigenvalue weighted by molar-refractivity contribution is -0.122. The van der Waals surface area contributed by atoms with Crippen LogP contribution in [0.2, 0.25) is 0 Å².